The highest BCUT2D eigenvalue weighted by Gasteiger charge is 2.14. The standard InChI is InChI=1S/C6H16OSi.C6H18Si2.C3H6O.2C3H10Si.C3H8Si/c1-6(2)7-8(3,4)5;1-7-5-6-8(2,3)4;1-3(2)4;2*1-4(2)3;1-3-4-2/h6H,1-5H3;5-7H2,1-4H3;1-2H3;2*4H,1-3H3;3H,1,4H2,2H3. The quantitative estimate of drug-likeness (QED) is 0.319. The minimum atomic E-state index is -1.22. The highest BCUT2D eigenvalue weighted by atomic mass is 28.4. The average Bonchev–Trinajstić information content (AvgIpc) is 2.49. The van der Waals surface area contributed by atoms with Crippen LogP contribution in [0.4, 0.5) is 0 Å². The van der Waals surface area contributed by atoms with Gasteiger partial charge in [0.15, 0.2) is 8.32 Å². The summed E-state index contributed by atoms with van der Waals surface area (Å²) >= 11 is 0. The van der Waals surface area contributed by atoms with Gasteiger partial charge in [-0.3, -0.25) is 0 Å². The number of rotatable bonds is 6. The van der Waals surface area contributed by atoms with Gasteiger partial charge in [0.1, 0.15) is 5.78 Å². The Morgan fingerprint density at radius 2 is 1.16 bits per heavy atom. The van der Waals surface area contributed by atoms with Gasteiger partial charge in [0.25, 0.3) is 0 Å². The van der Waals surface area contributed by atoms with E-state index in [-0.39, 0.29) is 32.9 Å². The van der Waals surface area contributed by atoms with Gasteiger partial charge < -0.3 is 9.22 Å². The first kappa shape index (κ1) is 46.1. The van der Waals surface area contributed by atoms with Gasteiger partial charge in [0.2, 0.25) is 0 Å². The van der Waals surface area contributed by atoms with Crippen LogP contribution in [0.15, 0.2) is 12.3 Å². The van der Waals surface area contributed by atoms with Crippen molar-refractivity contribution in [3.05, 3.63) is 12.3 Å². The lowest BCUT2D eigenvalue weighted by Crippen LogP contribution is -2.28. The summed E-state index contributed by atoms with van der Waals surface area (Å²) < 4.78 is 5.58. The molecule has 0 radical (unpaired) electrons. The molecule has 2 nitrogen and oxygen atoms in total. The molecule has 32 heavy (non-hydrogen) atoms. The zero-order chi connectivity index (χ0) is 27.6. The molecule has 0 saturated carbocycles. The molecular formula is C24H68O2Si6. The van der Waals surface area contributed by atoms with E-state index in [9.17, 15) is 4.79 Å². The van der Waals surface area contributed by atoms with Gasteiger partial charge in [-0.25, -0.2) is 0 Å². The number of ketones is 1. The number of hydrogen-bond donors (Lipinski definition) is 0. The lowest BCUT2D eigenvalue weighted by molar-refractivity contribution is -0.115. The van der Waals surface area contributed by atoms with Crippen molar-refractivity contribution in [2.45, 2.75) is 138 Å². The molecule has 0 rings (SSSR count). The smallest absolute Gasteiger partial charge is 0.184 e. The molecule has 0 aromatic heterocycles. The van der Waals surface area contributed by atoms with Gasteiger partial charge in [0.05, 0.1) is 0 Å². The Morgan fingerprint density at radius 3 is 1.19 bits per heavy atom. The molecule has 0 spiro atoms. The van der Waals surface area contributed by atoms with Crippen molar-refractivity contribution in [2.75, 3.05) is 0 Å². The molecule has 0 aromatic carbocycles. The molecule has 8 heteroatoms. The Bertz CT molecular complexity index is 345. The van der Waals surface area contributed by atoms with E-state index < -0.39 is 16.4 Å². The average molecular weight is 557 g/mol. The van der Waals surface area contributed by atoms with Crippen LogP contribution in [0.3, 0.4) is 0 Å². The fraction of sp³-hybridized carbons (Fsp3) is 0.875. The molecule has 0 atom stereocenters. The maximum atomic E-state index is 9.44. The number of carbonyl (C=O) groups is 1. The Hall–Kier alpha value is 0.671. The Morgan fingerprint density at radius 1 is 0.906 bits per heavy atom. The summed E-state index contributed by atoms with van der Waals surface area (Å²) in [6, 6.07) is 3.14. The van der Waals surface area contributed by atoms with Crippen molar-refractivity contribution >= 4 is 58.8 Å². The van der Waals surface area contributed by atoms with E-state index in [1.165, 1.54) is 13.8 Å². The minimum absolute atomic E-state index is 0.139. The van der Waals surface area contributed by atoms with Crippen molar-refractivity contribution in [3.8, 4) is 0 Å². The van der Waals surface area contributed by atoms with E-state index >= 15 is 0 Å². The monoisotopic (exact) mass is 556 g/mol. The molecular weight excluding hydrogens is 489 g/mol. The normalized spacial score (nSPS) is 10.8. The molecule has 0 unspecified atom stereocenters. The van der Waals surface area contributed by atoms with Gasteiger partial charge in [-0.15, -0.1) is 12.3 Å². The molecule has 200 valence electrons. The maximum Gasteiger partial charge on any atom is 0.184 e. The van der Waals surface area contributed by atoms with Gasteiger partial charge >= 0.3 is 0 Å². The van der Waals surface area contributed by atoms with E-state index in [1.54, 1.807) is 12.1 Å². The zero-order valence-corrected chi connectivity index (χ0v) is 33.3. The van der Waals surface area contributed by atoms with Crippen molar-refractivity contribution in [3.63, 3.8) is 0 Å². The molecule has 0 aliphatic heterocycles. The zero-order valence-electron chi connectivity index (χ0n) is 26.2. The molecule has 0 heterocycles. The van der Waals surface area contributed by atoms with Crippen LogP contribution in [0.25, 0.3) is 0 Å². The molecule has 0 amide bonds. The number of carbonyl (C=O) groups excluding carboxylic acids is 1. The summed E-state index contributed by atoms with van der Waals surface area (Å²) in [7, 11) is -1.58. The third-order valence-electron chi connectivity index (χ3n) is 2.16. The summed E-state index contributed by atoms with van der Waals surface area (Å²) in [6.45, 7) is 43.2. The summed E-state index contributed by atoms with van der Waals surface area (Å²) in [4.78, 5) is 9.44. The van der Waals surface area contributed by atoms with Crippen LogP contribution in [0.5, 0.6) is 0 Å². The first-order valence-corrected chi connectivity index (χ1v) is 31.5. The van der Waals surface area contributed by atoms with Crippen LogP contribution >= 0.6 is 0 Å². The van der Waals surface area contributed by atoms with E-state index in [1.807, 2.05) is 5.70 Å². The lowest BCUT2D eigenvalue weighted by atomic mass is 10.5. The Labute approximate surface area is 217 Å². The fourth-order valence-corrected chi connectivity index (χ4v) is 8.49. The largest absolute Gasteiger partial charge is 0.415 e. The first-order valence-electron chi connectivity index (χ1n) is 12.8. The van der Waals surface area contributed by atoms with E-state index in [2.05, 4.69) is 112 Å². The molecule has 0 aromatic rings. The van der Waals surface area contributed by atoms with Crippen LogP contribution in [0.2, 0.25) is 104 Å². The molecule has 0 fully saturated rings. The number of Topliss-reactive ketones (excluding diaryl/α,β-unsaturated/α-hetero) is 1. The predicted molar refractivity (Wildman–Crippen MR) is 177 cm³/mol. The van der Waals surface area contributed by atoms with Crippen molar-refractivity contribution in [2.24, 2.45) is 0 Å². The maximum absolute atomic E-state index is 9.44. The van der Waals surface area contributed by atoms with Gasteiger partial charge in [-0.1, -0.05) is 84.1 Å². The van der Waals surface area contributed by atoms with Gasteiger partial charge in [-0.2, -0.15) is 0 Å². The van der Waals surface area contributed by atoms with Crippen LogP contribution < -0.4 is 0 Å². The lowest BCUT2D eigenvalue weighted by Gasteiger charge is -2.19. The van der Waals surface area contributed by atoms with Gasteiger partial charge in [-0.05, 0) is 47.3 Å². The summed E-state index contributed by atoms with van der Waals surface area (Å²) in [5.41, 5.74) is 2.01. The fourth-order valence-electron chi connectivity index (χ4n) is 1.41. The molecule has 0 N–H and O–H groups in total. The summed E-state index contributed by atoms with van der Waals surface area (Å²) in [6.07, 6.45) is 0.404. The molecule has 0 aliphatic carbocycles. The Balaban J connectivity index is -0.0000000658. The van der Waals surface area contributed by atoms with E-state index in [4.69, 9.17) is 4.43 Å². The minimum Gasteiger partial charge on any atom is -0.415 e. The second kappa shape index (κ2) is 31.7. The second-order valence-electron chi connectivity index (χ2n) is 12.0. The predicted octanol–water partition coefficient (Wildman–Crippen LogP) is 7.35. The van der Waals surface area contributed by atoms with E-state index in [0.717, 1.165) is 0 Å². The summed E-state index contributed by atoms with van der Waals surface area (Å²) in [5, 5.41) is 0. The SMILES string of the molecule is C=C[SiH2]C.CC(C)=O.CC(C)O[Si](C)(C)C.C[SiH2]CC[Si](C)(C)C.C[SiH](C)C.C[SiH](C)C. The molecule has 0 aliphatic rings. The van der Waals surface area contributed by atoms with E-state index in [0.29, 0.717) is 15.6 Å². The van der Waals surface area contributed by atoms with Crippen molar-refractivity contribution in [1.82, 2.24) is 0 Å². The third kappa shape index (κ3) is 198. The third-order valence-corrected chi connectivity index (χ3v) is 7.54. The first-order chi connectivity index (χ1) is 14.1. The summed E-state index contributed by atoms with van der Waals surface area (Å²) in [5.74, 6) is 0.167. The molecule has 0 saturated heterocycles. The van der Waals surface area contributed by atoms with Crippen LogP contribution in [0.1, 0.15) is 27.7 Å². The molecule has 0 bridgehead atoms. The topological polar surface area (TPSA) is 26.3 Å². The van der Waals surface area contributed by atoms with Crippen molar-refractivity contribution in [1.29, 1.82) is 0 Å². The van der Waals surface area contributed by atoms with Gasteiger partial charge in [0, 0.05) is 50.8 Å². The second-order valence-corrected chi connectivity index (χ2v) is 32.1. The highest BCUT2D eigenvalue weighted by Crippen LogP contribution is 2.10. The van der Waals surface area contributed by atoms with Crippen LogP contribution in [-0.4, -0.2) is 64.9 Å². The van der Waals surface area contributed by atoms with Crippen LogP contribution in [0, 0.1) is 0 Å². The van der Waals surface area contributed by atoms with Crippen LogP contribution in [-0.2, 0) is 9.22 Å². The highest BCUT2D eigenvalue weighted by molar-refractivity contribution is 6.76. The van der Waals surface area contributed by atoms with Crippen molar-refractivity contribution < 1.29 is 9.22 Å². The Kier molecular flexibility index (Phi) is 45.6. The number of hydrogen-bond acceptors (Lipinski definition) is 2.